The summed E-state index contributed by atoms with van der Waals surface area (Å²) < 4.78 is 5.66. The molecule has 2 aromatic rings. The number of oxazole rings is 1. The number of aromatic nitrogens is 1. The number of rotatable bonds is 4. The lowest BCUT2D eigenvalue weighted by atomic mass is 9.69. The van der Waals surface area contributed by atoms with Crippen LogP contribution < -0.4 is 5.32 Å². The summed E-state index contributed by atoms with van der Waals surface area (Å²) in [7, 11) is 0. The molecule has 0 saturated heterocycles. The molecule has 1 N–H and O–H groups in total. The van der Waals surface area contributed by atoms with E-state index in [9.17, 15) is 4.79 Å². The molecule has 4 nitrogen and oxygen atoms in total. The zero-order valence-corrected chi connectivity index (χ0v) is 15.3. The highest BCUT2D eigenvalue weighted by atomic mass is 32.2. The van der Waals surface area contributed by atoms with E-state index in [0.717, 1.165) is 23.4 Å². The maximum absolute atomic E-state index is 12.4. The molecule has 0 aliphatic heterocycles. The first-order chi connectivity index (χ1) is 11.4. The third-order valence-electron chi connectivity index (χ3n) is 6.73. The lowest BCUT2D eigenvalue weighted by molar-refractivity contribution is -0.120. The van der Waals surface area contributed by atoms with Crippen molar-refractivity contribution in [2.24, 2.45) is 16.7 Å². The van der Waals surface area contributed by atoms with Crippen LogP contribution in [0.3, 0.4) is 0 Å². The van der Waals surface area contributed by atoms with E-state index >= 15 is 0 Å². The molecule has 4 rings (SSSR count). The second-order valence-corrected chi connectivity index (χ2v) is 8.89. The number of amides is 1. The number of hydrogen-bond donors (Lipinski definition) is 1. The quantitative estimate of drug-likeness (QED) is 0.843. The first kappa shape index (κ1) is 16.0. The molecular formula is C19H24N2O2S. The Balaban J connectivity index is 1.37. The summed E-state index contributed by atoms with van der Waals surface area (Å²) in [6.07, 6.45) is 3.63. The summed E-state index contributed by atoms with van der Waals surface area (Å²) >= 11 is 1.37. The van der Waals surface area contributed by atoms with E-state index in [1.54, 1.807) is 0 Å². The van der Waals surface area contributed by atoms with Gasteiger partial charge in [0.2, 0.25) is 5.91 Å². The van der Waals surface area contributed by atoms with Crippen LogP contribution in [0.1, 0.15) is 40.0 Å². The van der Waals surface area contributed by atoms with Crippen molar-refractivity contribution in [2.75, 3.05) is 5.75 Å². The highest BCUT2D eigenvalue weighted by Crippen LogP contribution is 2.65. The van der Waals surface area contributed by atoms with Gasteiger partial charge in [-0.05, 0) is 48.1 Å². The first-order valence-corrected chi connectivity index (χ1v) is 9.66. The highest BCUT2D eigenvalue weighted by molar-refractivity contribution is 7.99. The minimum atomic E-state index is 0.0804. The summed E-state index contributed by atoms with van der Waals surface area (Å²) in [5, 5.41) is 3.84. The number of para-hydroxylation sites is 2. The van der Waals surface area contributed by atoms with E-state index in [2.05, 4.69) is 31.1 Å². The van der Waals surface area contributed by atoms with Crippen molar-refractivity contribution in [1.82, 2.24) is 10.3 Å². The van der Waals surface area contributed by atoms with E-state index in [-0.39, 0.29) is 11.3 Å². The lowest BCUT2D eigenvalue weighted by Crippen LogP contribution is -2.47. The normalized spacial score (nSPS) is 30.8. The molecule has 0 unspecified atom stereocenters. The maximum Gasteiger partial charge on any atom is 0.257 e. The Morgan fingerprint density at radius 1 is 1.38 bits per heavy atom. The molecule has 1 heterocycles. The van der Waals surface area contributed by atoms with Crippen molar-refractivity contribution in [3.05, 3.63) is 24.3 Å². The molecule has 2 aliphatic rings. The summed E-state index contributed by atoms with van der Waals surface area (Å²) in [6, 6.07) is 7.96. The summed E-state index contributed by atoms with van der Waals surface area (Å²) in [4.78, 5) is 16.8. The van der Waals surface area contributed by atoms with Crippen LogP contribution in [0, 0.1) is 16.7 Å². The van der Waals surface area contributed by atoms with Gasteiger partial charge in [0.15, 0.2) is 5.58 Å². The van der Waals surface area contributed by atoms with Crippen molar-refractivity contribution in [3.8, 4) is 0 Å². The molecule has 2 fully saturated rings. The Bertz CT molecular complexity index is 752. The van der Waals surface area contributed by atoms with E-state index in [1.807, 2.05) is 24.3 Å². The highest BCUT2D eigenvalue weighted by Gasteiger charge is 2.61. The average molecular weight is 344 g/mol. The maximum atomic E-state index is 12.4. The van der Waals surface area contributed by atoms with Gasteiger partial charge in [0.1, 0.15) is 5.52 Å². The van der Waals surface area contributed by atoms with Crippen LogP contribution in [0.2, 0.25) is 0 Å². The minimum absolute atomic E-state index is 0.0804. The molecular weight excluding hydrogens is 320 g/mol. The smallest absolute Gasteiger partial charge is 0.257 e. The first-order valence-electron chi connectivity index (χ1n) is 8.68. The number of carbonyl (C=O) groups is 1. The SMILES string of the molecule is CC1(C)[C@H]2CC[C@@]1(C)[C@H](NC(=O)CSc1nc3ccccc3o1)C2. The van der Waals surface area contributed by atoms with Gasteiger partial charge < -0.3 is 9.73 Å². The van der Waals surface area contributed by atoms with Crippen LogP contribution >= 0.6 is 11.8 Å². The fourth-order valence-electron chi connectivity index (χ4n) is 4.70. The Labute approximate surface area is 146 Å². The van der Waals surface area contributed by atoms with Crippen LogP contribution in [-0.2, 0) is 4.79 Å². The second-order valence-electron chi connectivity index (χ2n) is 7.97. The molecule has 5 heteroatoms. The molecule has 3 atom stereocenters. The summed E-state index contributed by atoms with van der Waals surface area (Å²) in [5.74, 6) is 1.17. The number of thioether (sulfide) groups is 1. The van der Waals surface area contributed by atoms with Crippen LogP contribution in [0.15, 0.2) is 33.9 Å². The molecule has 1 aromatic carbocycles. The van der Waals surface area contributed by atoms with Gasteiger partial charge in [0, 0.05) is 6.04 Å². The van der Waals surface area contributed by atoms with E-state index in [0.29, 0.717) is 22.4 Å². The Morgan fingerprint density at radius 2 is 2.17 bits per heavy atom. The fourth-order valence-corrected chi connectivity index (χ4v) is 5.35. The van der Waals surface area contributed by atoms with Gasteiger partial charge in [-0.3, -0.25) is 4.79 Å². The summed E-state index contributed by atoms with van der Waals surface area (Å²) in [6.45, 7) is 7.08. The largest absolute Gasteiger partial charge is 0.431 e. The van der Waals surface area contributed by atoms with Gasteiger partial charge in [-0.2, -0.15) is 0 Å². The zero-order valence-electron chi connectivity index (χ0n) is 14.5. The van der Waals surface area contributed by atoms with Crippen molar-refractivity contribution in [1.29, 1.82) is 0 Å². The number of nitrogens with zero attached hydrogens (tertiary/aromatic N) is 1. The van der Waals surface area contributed by atoms with E-state index in [1.165, 1.54) is 24.6 Å². The van der Waals surface area contributed by atoms with Crippen molar-refractivity contribution >= 4 is 28.8 Å². The Hall–Kier alpha value is -1.49. The lowest BCUT2D eigenvalue weighted by Gasteiger charge is -2.39. The minimum Gasteiger partial charge on any atom is -0.431 e. The summed E-state index contributed by atoms with van der Waals surface area (Å²) in [5.41, 5.74) is 2.14. The molecule has 2 saturated carbocycles. The number of fused-ring (bicyclic) bond motifs is 3. The number of benzene rings is 1. The monoisotopic (exact) mass is 344 g/mol. The second kappa shape index (κ2) is 5.51. The van der Waals surface area contributed by atoms with Crippen molar-refractivity contribution < 1.29 is 9.21 Å². The molecule has 0 spiro atoms. The number of hydrogen-bond acceptors (Lipinski definition) is 4. The van der Waals surface area contributed by atoms with Crippen LogP contribution in [0.5, 0.6) is 0 Å². The zero-order chi connectivity index (χ0) is 16.9. The Kier molecular flexibility index (Phi) is 3.68. The number of carbonyl (C=O) groups excluding carboxylic acids is 1. The van der Waals surface area contributed by atoms with Crippen LogP contribution in [-0.4, -0.2) is 22.7 Å². The average Bonchev–Trinajstić information content (AvgIpc) is 3.11. The van der Waals surface area contributed by atoms with Crippen molar-refractivity contribution in [3.63, 3.8) is 0 Å². The van der Waals surface area contributed by atoms with Gasteiger partial charge in [0.05, 0.1) is 5.75 Å². The van der Waals surface area contributed by atoms with Crippen molar-refractivity contribution in [2.45, 2.75) is 51.3 Å². The molecule has 0 radical (unpaired) electrons. The predicted octanol–water partition coefficient (Wildman–Crippen LogP) is 4.25. The molecule has 24 heavy (non-hydrogen) atoms. The van der Waals surface area contributed by atoms with Gasteiger partial charge in [-0.25, -0.2) is 4.98 Å². The fraction of sp³-hybridized carbons (Fsp3) is 0.579. The Morgan fingerprint density at radius 3 is 2.83 bits per heavy atom. The standard InChI is InChI=1S/C19H24N2O2S/c1-18(2)12-8-9-19(18,3)15(10-12)21-16(22)11-24-17-20-13-6-4-5-7-14(13)23-17/h4-7,12,15H,8-11H2,1-3H3,(H,21,22)/t12-,15+,19-/m0/s1. The molecule has 1 aromatic heterocycles. The van der Waals surface area contributed by atoms with Gasteiger partial charge in [-0.15, -0.1) is 0 Å². The van der Waals surface area contributed by atoms with Gasteiger partial charge in [0.25, 0.3) is 5.22 Å². The third kappa shape index (κ3) is 2.36. The molecule has 2 bridgehead atoms. The third-order valence-corrected chi connectivity index (χ3v) is 7.56. The van der Waals surface area contributed by atoms with Crippen LogP contribution in [0.4, 0.5) is 0 Å². The van der Waals surface area contributed by atoms with Gasteiger partial charge >= 0.3 is 0 Å². The molecule has 128 valence electrons. The van der Waals surface area contributed by atoms with Crippen LogP contribution in [0.25, 0.3) is 11.1 Å². The van der Waals surface area contributed by atoms with E-state index < -0.39 is 0 Å². The van der Waals surface area contributed by atoms with Gasteiger partial charge in [-0.1, -0.05) is 44.7 Å². The predicted molar refractivity (Wildman–Crippen MR) is 95.9 cm³/mol. The molecule has 2 aliphatic carbocycles. The molecule has 1 amide bonds. The number of nitrogens with one attached hydrogen (secondary N) is 1. The van der Waals surface area contributed by atoms with E-state index in [4.69, 9.17) is 4.42 Å². The topological polar surface area (TPSA) is 55.1 Å².